The van der Waals surface area contributed by atoms with E-state index in [0.29, 0.717) is 18.1 Å². The first-order valence-electron chi connectivity index (χ1n) is 18.0. The number of nitrogens with one attached hydrogen (secondary N) is 1. The van der Waals surface area contributed by atoms with Crippen LogP contribution < -0.4 is 5.32 Å². The summed E-state index contributed by atoms with van der Waals surface area (Å²) in [6.45, 7) is 20.5. The fourth-order valence-electron chi connectivity index (χ4n) is 5.52. The van der Waals surface area contributed by atoms with Crippen molar-refractivity contribution < 1.29 is 52.3 Å². The molecule has 0 aliphatic carbocycles. The minimum atomic E-state index is -1.39. The number of hydrogen-bond donors (Lipinski definition) is 1. The van der Waals surface area contributed by atoms with E-state index in [1.54, 1.807) is 102 Å². The Hall–Kier alpha value is -2.77. The molecule has 1 aromatic rings. The van der Waals surface area contributed by atoms with Crippen molar-refractivity contribution in [1.82, 2.24) is 5.32 Å². The molecule has 1 N–H and O–H groups in total. The molecule has 0 bridgehead atoms. The van der Waals surface area contributed by atoms with Crippen molar-refractivity contribution in [3.63, 3.8) is 0 Å². The van der Waals surface area contributed by atoms with Crippen LogP contribution in [-0.2, 0) is 52.3 Å². The Bertz CT molecular complexity index is 1390. The van der Waals surface area contributed by atoms with Gasteiger partial charge in [-0.2, -0.15) is 0 Å². The van der Waals surface area contributed by atoms with E-state index in [0.717, 1.165) is 12.0 Å². The number of rotatable bonds is 10. The van der Waals surface area contributed by atoms with Crippen molar-refractivity contribution in [3.05, 3.63) is 34.9 Å². The lowest BCUT2D eigenvalue weighted by Gasteiger charge is -2.48. The second kappa shape index (κ2) is 17.1. The molecule has 13 heteroatoms. The van der Waals surface area contributed by atoms with Crippen LogP contribution in [0.25, 0.3) is 0 Å². The van der Waals surface area contributed by atoms with E-state index < -0.39 is 88.5 Å². The first-order chi connectivity index (χ1) is 23.8. The van der Waals surface area contributed by atoms with Gasteiger partial charge in [0.15, 0.2) is 30.8 Å². The van der Waals surface area contributed by atoms with Crippen LogP contribution in [0, 0.1) is 27.6 Å². The first kappa shape index (κ1) is 43.6. The van der Waals surface area contributed by atoms with Crippen molar-refractivity contribution in [2.45, 2.75) is 139 Å². The number of hydrogen-bond acceptors (Lipinski definition) is 12. The van der Waals surface area contributed by atoms with Crippen LogP contribution in [0.2, 0.25) is 5.02 Å². The maximum absolute atomic E-state index is 13.7. The highest BCUT2D eigenvalue weighted by molar-refractivity contribution is 6.30. The zero-order valence-electron chi connectivity index (χ0n) is 33.1. The molecule has 12 nitrogen and oxygen atoms in total. The van der Waals surface area contributed by atoms with Crippen LogP contribution in [0.1, 0.15) is 108 Å². The fraction of sp³-hybridized carbons (Fsp3) is 0.744. The molecule has 1 aromatic carbocycles. The third-order valence-electron chi connectivity index (χ3n) is 8.74. The molecule has 3 rings (SSSR count). The molecule has 0 unspecified atom stereocenters. The van der Waals surface area contributed by atoms with E-state index >= 15 is 0 Å². The van der Waals surface area contributed by atoms with Gasteiger partial charge in [-0.1, -0.05) is 23.7 Å². The lowest BCUT2D eigenvalue weighted by atomic mass is 9.86. The third-order valence-corrected chi connectivity index (χ3v) is 8.99. The Kier molecular flexibility index (Phi) is 14.4. The monoisotopic (exact) mass is 753 g/mol. The summed E-state index contributed by atoms with van der Waals surface area (Å²) in [6.07, 6.45) is -5.56. The van der Waals surface area contributed by atoms with Gasteiger partial charge in [0.25, 0.3) is 0 Å². The minimum Gasteiger partial charge on any atom is -0.462 e. The van der Waals surface area contributed by atoms with Gasteiger partial charge in [-0.15, -0.1) is 0 Å². The first-order valence-corrected chi connectivity index (χ1v) is 18.3. The number of ether oxygens (including phenoxy) is 7. The van der Waals surface area contributed by atoms with Crippen LogP contribution >= 0.6 is 11.6 Å². The lowest BCUT2D eigenvalue weighted by Crippen LogP contribution is -2.67. The number of esters is 4. The second-order valence-corrected chi connectivity index (χ2v) is 18.2. The molecule has 8 atom stereocenters. The standard InChI is InChI=1S/C39H60ClNO11/c1-36(2,3)32(42)48-21-25-27(50-33(43)37(4,5)6)28(51-34(44)38(7,8)9)29(52-35(45)39(10,11)12)30(49-25)41-26(22-16-18-23(40)19-17-22)24-15-14-20-47-31(24)46-13/h16-19,24-31,41H,14-15,20-21H2,1-13H3/t24-,25-,26-,27+,28+,29-,30-,31+/m1/s1. The van der Waals surface area contributed by atoms with Crippen molar-refractivity contribution in [1.29, 1.82) is 0 Å². The Morgan fingerprint density at radius 3 is 1.71 bits per heavy atom. The number of benzene rings is 1. The maximum atomic E-state index is 13.7. The molecule has 294 valence electrons. The van der Waals surface area contributed by atoms with Gasteiger partial charge >= 0.3 is 23.9 Å². The van der Waals surface area contributed by atoms with E-state index in [1.807, 2.05) is 12.1 Å². The number of carbonyl (C=O) groups excluding carboxylic acids is 4. The highest BCUT2D eigenvalue weighted by Gasteiger charge is 2.55. The average molecular weight is 754 g/mol. The summed E-state index contributed by atoms with van der Waals surface area (Å²) in [7, 11) is 1.57. The number of halogens is 1. The van der Waals surface area contributed by atoms with Crippen LogP contribution in [0.3, 0.4) is 0 Å². The summed E-state index contributed by atoms with van der Waals surface area (Å²) >= 11 is 6.30. The SMILES string of the molecule is CO[C@H]1OCCC[C@@H]1[C@H](N[C@@H]1O[C@H](COC(=O)C(C)(C)C)[C@H](OC(=O)C(C)(C)C)[C@H](OC(=O)C(C)(C)C)[C@H]1OC(=O)C(C)(C)C)c1ccc(Cl)cc1. The molecule has 0 radical (unpaired) electrons. The van der Waals surface area contributed by atoms with Gasteiger partial charge in [0.1, 0.15) is 12.7 Å². The van der Waals surface area contributed by atoms with Crippen LogP contribution in [-0.4, -0.2) is 81.1 Å². The van der Waals surface area contributed by atoms with Gasteiger partial charge < -0.3 is 33.2 Å². The number of methoxy groups -OCH3 is 1. The van der Waals surface area contributed by atoms with E-state index in [1.165, 1.54) is 0 Å². The van der Waals surface area contributed by atoms with Gasteiger partial charge in [0, 0.05) is 30.7 Å². The summed E-state index contributed by atoms with van der Waals surface area (Å²) in [4.78, 5) is 54.0. The summed E-state index contributed by atoms with van der Waals surface area (Å²) in [5.74, 6) is -2.65. The lowest BCUT2D eigenvalue weighted by molar-refractivity contribution is -0.268. The van der Waals surface area contributed by atoms with Crippen molar-refractivity contribution in [2.75, 3.05) is 20.3 Å². The topological polar surface area (TPSA) is 145 Å². The molecule has 2 aliphatic heterocycles. The Morgan fingerprint density at radius 2 is 1.23 bits per heavy atom. The molecule has 52 heavy (non-hydrogen) atoms. The van der Waals surface area contributed by atoms with Crippen LogP contribution in [0.4, 0.5) is 0 Å². The highest BCUT2D eigenvalue weighted by Crippen LogP contribution is 2.38. The largest absolute Gasteiger partial charge is 0.462 e. The van der Waals surface area contributed by atoms with Gasteiger partial charge in [0.2, 0.25) is 0 Å². The quantitative estimate of drug-likeness (QED) is 0.204. The fourth-order valence-corrected chi connectivity index (χ4v) is 5.65. The van der Waals surface area contributed by atoms with E-state index in [2.05, 4.69) is 5.32 Å². The Morgan fingerprint density at radius 1 is 0.750 bits per heavy atom. The maximum Gasteiger partial charge on any atom is 0.311 e. The molecule has 2 aliphatic rings. The van der Waals surface area contributed by atoms with Gasteiger partial charge in [-0.05, 0) is 114 Å². The van der Waals surface area contributed by atoms with E-state index in [9.17, 15) is 19.2 Å². The molecule has 0 amide bonds. The number of carbonyl (C=O) groups is 4. The summed E-state index contributed by atoms with van der Waals surface area (Å²) in [5.41, 5.74) is -3.00. The smallest absolute Gasteiger partial charge is 0.311 e. The zero-order valence-corrected chi connectivity index (χ0v) is 33.9. The van der Waals surface area contributed by atoms with Crippen molar-refractivity contribution in [2.24, 2.45) is 27.6 Å². The molecular formula is C39H60ClNO11. The zero-order chi connectivity index (χ0) is 39.4. The van der Waals surface area contributed by atoms with Gasteiger partial charge in [-0.25, -0.2) is 0 Å². The molecular weight excluding hydrogens is 694 g/mol. The summed E-state index contributed by atoms with van der Waals surface area (Å²) in [5, 5.41) is 4.09. The van der Waals surface area contributed by atoms with Crippen molar-refractivity contribution >= 4 is 35.5 Å². The molecule has 2 saturated heterocycles. The molecule has 0 saturated carbocycles. The van der Waals surface area contributed by atoms with E-state index in [4.69, 9.17) is 44.8 Å². The van der Waals surface area contributed by atoms with Crippen LogP contribution in [0.15, 0.2) is 24.3 Å². The summed E-state index contributed by atoms with van der Waals surface area (Å²) < 4.78 is 42.8. The van der Waals surface area contributed by atoms with E-state index in [-0.39, 0.29) is 12.5 Å². The normalized spacial score (nSPS) is 26.5. The summed E-state index contributed by atoms with van der Waals surface area (Å²) in [6, 6.07) is 6.73. The third kappa shape index (κ3) is 11.6. The predicted octanol–water partition coefficient (Wildman–Crippen LogP) is 6.56. The molecule has 2 fully saturated rings. The molecule has 0 spiro atoms. The Labute approximate surface area is 314 Å². The van der Waals surface area contributed by atoms with Gasteiger partial charge in [0.05, 0.1) is 21.7 Å². The highest BCUT2D eigenvalue weighted by atomic mass is 35.5. The second-order valence-electron chi connectivity index (χ2n) is 17.8. The van der Waals surface area contributed by atoms with Gasteiger partial charge in [-0.3, -0.25) is 24.5 Å². The Balaban J connectivity index is 2.26. The van der Waals surface area contributed by atoms with Crippen LogP contribution in [0.5, 0.6) is 0 Å². The molecule has 2 heterocycles. The predicted molar refractivity (Wildman–Crippen MR) is 194 cm³/mol. The minimum absolute atomic E-state index is 0.258. The average Bonchev–Trinajstić information content (AvgIpc) is 3.03. The molecule has 0 aromatic heterocycles. The van der Waals surface area contributed by atoms with Crippen molar-refractivity contribution in [3.8, 4) is 0 Å².